The minimum absolute atomic E-state index is 0.269. The molecule has 6 aromatic rings. The normalized spacial score (nSPS) is 16.2. The summed E-state index contributed by atoms with van der Waals surface area (Å²) in [5, 5.41) is 0. The van der Waals surface area contributed by atoms with Crippen LogP contribution in [-0.4, -0.2) is 26.9 Å². The molecule has 3 heterocycles. The Balaban J connectivity index is 1.35. The summed E-state index contributed by atoms with van der Waals surface area (Å²) < 4.78 is 27.3. The van der Waals surface area contributed by atoms with Crippen LogP contribution in [0, 0.1) is 12.1 Å². The molecule has 0 N–H and O–H groups in total. The van der Waals surface area contributed by atoms with E-state index in [9.17, 15) is 0 Å². The first kappa shape index (κ1) is 26.4. The van der Waals surface area contributed by atoms with Gasteiger partial charge in [-0.1, -0.05) is 0 Å². The van der Waals surface area contributed by atoms with Gasteiger partial charge in [0.25, 0.3) is 0 Å². The second-order valence-corrected chi connectivity index (χ2v) is 14.5. The van der Waals surface area contributed by atoms with Gasteiger partial charge in [-0.3, -0.25) is 0 Å². The van der Waals surface area contributed by atoms with Crippen LogP contribution in [-0.2, 0) is 17.6 Å². The number of para-hydroxylation sites is 1. The Bertz CT molecular complexity index is 2370. The van der Waals surface area contributed by atoms with Gasteiger partial charge in [0.05, 0.1) is 0 Å². The van der Waals surface area contributed by atoms with E-state index in [-0.39, 0.29) is 6.71 Å². The molecule has 9 rings (SSSR count). The second kappa shape index (κ2) is 12.5. The summed E-state index contributed by atoms with van der Waals surface area (Å²) in [6.07, 6.45) is 7.70. The summed E-state index contributed by atoms with van der Waals surface area (Å²) in [5.41, 5.74) is 10.3. The van der Waals surface area contributed by atoms with Crippen LogP contribution in [0.3, 0.4) is 0 Å². The summed E-state index contributed by atoms with van der Waals surface area (Å²) in [4.78, 5) is 7.84. The van der Waals surface area contributed by atoms with Crippen molar-refractivity contribution >= 4 is 48.5 Å². The Labute approximate surface area is 300 Å². The van der Waals surface area contributed by atoms with Gasteiger partial charge in [0.2, 0.25) is 0 Å². The third-order valence-corrected chi connectivity index (χ3v) is 12.2. The van der Waals surface area contributed by atoms with Gasteiger partial charge < -0.3 is 0 Å². The van der Waals surface area contributed by atoms with E-state index in [2.05, 4.69) is 144 Å². The van der Waals surface area contributed by atoms with Crippen molar-refractivity contribution in [1.29, 1.82) is 0 Å². The average Bonchev–Trinajstić information content (AvgIpc) is 3.81. The molecule has 3 aliphatic heterocycles. The summed E-state index contributed by atoms with van der Waals surface area (Å²) in [7, 11) is 0. The topological polar surface area (TPSA) is 13.0 Å². The van der Waals surface area contributed by atoms with Gasteiger partial charge in [0.15, 0.2) is 0 Å². The van der Waals surface area contributed by atoms with Crippen LogP contribution in [0.25, 0.3) is 22.3 Å². The third-order valence-electron chi connectivity index (χ3n) is 8.95. The molecule has 0 atom stereocenters. The van der Waals surface area contributed by atoms with Crippen molar-refractivity contribution in [3.8, 4) is 22.3 Å². The Morgan fingerprint density at radius 3 is 1.61 bits per heavy atom. The Kier molecular flexibility index (Phi) is 6.75. The van der Waals surface area contributed by atoms with Crippen LogP contribution in [0.1, 0.15) is 4.11 Å². The predicted molar refractivity (Wildman–Crippen MR) is 202 cm³/mol. The number of rotatable bonds is 4. The molecular weight excluding hydrogens is 778 g/mol. The van der Waals surface area contributed by atoms with E-state index < -0.39 is 24.6 Å². The van der Waals surface area contributed by atoms with E-state index in [1.807, 2.05) is 47.5 Å². The Morgan fingerprint density at radius 2 is 1.02 bits per heavy atom. The van der Waals surface area contributed by atoms with Crippen molar-refractivity contribution in [3.63, 3.8) is 0 Å². The van der Waals surface area contributed by atoms with Gasteiger partial charge in [-0.2, -0.15) is 0 Å². The molecule has 0 unspecified atom stereocenters. The molecule has 49 heavy (non-hydrogen) atoms. The molecule has 3 aliphatic rings. The molecule has 0 amide bonds. The predicted octanol–water partition coefficient (Wildman–Crippen LogP) is 6.43. The van der Waals surface area contributed by atoms with Gasteiger partial charge in [0, 0.05) is 0 Å². The van der Waals surface area contributed by atoms with E-state index in [4.69, 9.17) is 4.11 Å². The number of benzene rings is 6. The van der Waals surface area contributed by atoms with Crippen molar-refractivity contribution in [2.24, 2.45) is 0 Å². The first-order valence-electron chi connectivity index (χ1n) is 17.6. The second-order valence-electron chi connectivity index (χ2n) is 11.9. The molecule has 0 radical (unpaired) electrons. The zero-order chi connectivity index (χ0) is 35.2. The quantitative estimate of drug-likeness (QED) is 0.151. The zero-order valence-electron chi connectivity index (χ0n) is 29.3. The van der Waals surface area contributed by atoms with E-state index in [0.29, 0.717) is 0 Å². The number of hydrogen-bond donors (Lipinski definition) is 0. The molecule has 4 nitrogen and oxygen atoms in total. The molecule has 0 saturated carbocycles. The average molecular weight is 813 g/mol. The molecule has 238 valence electrons. The van der Waals surface area contributed by atoms with Gasteiger partial charge in [-0.05, 0) is 0 Å². The van der Waals surface area contributed by atoms with E-state index in [1.54, 1.807) is 6.20 Å². The number of nitrogens with zero attached hydrogens (tertiary/aromatic N) is 4. The van der Waals surface area contributed by atoms with E-state index in [0.717, 1.165) is 64.0 Å². The molecule has 0 fully saturated rings. The fourth-order valence-electron chi connectivity index (χ4n) is 6.72. The summed E-state index contributed by atoms with van der Waals surface area (Å²) in [5.74, 6) is 0. The fourth-order valence-corrected chi connectivity index (χ4v) is 9.79. The Hall–Kier alpha value is -5.51. The number of fused-ring (bicyclic) bond motifs is 8. The SMILES string of the molecule is [2H]C([2H])([2H])N1C=CN2[C]1=[Pt]=[C]1N(C=CN1c1ccccc1)c1[c-]c(ccc1)B(c1c(-c3ccccc3)cccc1-c1ccccc1)c1[c-]c2ccc1. The van der Waals surface area contributed by atoms with Crippen molar-refractivity contribution in [2.75, 3.05) is 21.7 Å². The summed E-state index contributed by atoms with van der Waals surface area (Å²) in [6.45, 7) is -2.63. The maximum atomic E-state index is 8.53. The Morgan fingerprint density at radius 1 is 0.510 bits per heavy atom. The maximum absolute atomic E-state index is 8.53. The van der Waals surface area contributed by atoms with E-state index in [1.165, 1.54) is 4.90 Å². The van der Waals surface area contributed by atoms with Crippen molar-refractivity contribution in [1.82, 2.24) is 4.90 Å². The molecule has 0 aromatic heterocycles. The summed E-state index contributed by atoms with van der Waals surface area (Å²) in [6, 6.07) is 58.2. The van der Waals surface area contributed by atoms with Crippen molar-refractivity contribution < 1.29 is 21.8 Å². The standard InChI is InChI=1S/C43H31BN4.Pt/c1-45-26-27-46(32-45)39-22-11-18-36(30-39)44(37-19-12-23-40(31-37)48-29-28-47(33-48)38-20-9-4-10-21-38)43-41(34-14-5-2-6-15-34)24-13-25-42(43)35-16-7-3-8-17-35;/h2-29H,1H3;/q-2;/i1D3;. The summed E-state index contributed by atoms with van der Waals surface area (Å²) >= 11 is -1.11. The minimum atomic E-state index is -2.36. The third kappa shape index (κ3) is 5.32. The molecule has 0 saturated heterocycles. The van der Waals surface area contributed by atoms with Crippen molar-refractivity contribution in [2.45, 2.75) is 0 Å². The molecule has 0 aliphatic carbocycles. The van der Waals surface area contributed by atoms with Crippen LogP contribution in [0.15, 0.2) is 170 Å². The first-order valence-corrected chi connectivity index (χ1v) is 18.4. The fraction of sp³-hybridized carbons (Fsp3) is 0.0233. The first-order chi connectivity index (χ1) is 25.4. The molecule has 6 heteroatoms. The molecule has 4 bridgehead atoms. The number of hydrogen-bond acceptors (Lipinski definition) is 4. The van der Waals surface area contributed by atoms with Gasteiger partial charge in [-0.15, -0.1) is 0 Å². The van der Waals surface area contributed by atoms with Crippen LogP contribution in [0.4, 0.5) is 17.1 Å². The van der Waals surface area contributed by atoms with Gasteiger partial charge in [0.1, 0.15) is 0 Å². The monoisotopic (exact) mass is 812 g/mol. The van der Waals surface area contributed by atoms with Crippen LogP contribution < -0.4 is 31.1 Å². The van der Waals surface area contributed by atoms with Crippen LogP contribution in [0.5, 0.6) is 0 Å². The zero-order valence-corrected chi connectivity index (χ0v) is 28.6. The van der Waals surface area contributed by atoms with Crippen LogP contribution >= 0.6 is 0 Å². The van der Waals surface area contributed by atoms with Gasteiger partial charge in [-0.25, -0.2) is 0 Å². The molecule has 0 spiro atoms. The van der Waals surface area contributed by atoms with Gasteiger partial charge >= 0.3 is 302 Å². The van der Waals surface area contributed by atoms with E-state index >= 15 is 0 Å². The van der Waals surface area contributed by atoms with Crippen molar-refractivity contribution in [3.05, 3.63) is 183 Å². The molecule has 6 aromatic carbocycles. The number of anilines is 3. The molecular formula is C43H31BN4Pt-2. The van der Waals surface area contributed by atoms with Crippen LogP contribution in [0.2, 0.25) is 0 Å².